The summed E-state index contributed by atoms with van der Waals surface area (Å²) in [6, 6.07) is 8.37. The average Bonchev–Trinajstić information content (AvgIpc) is 3.20. The maximum absolute atomic E-state index is 13.2. The fourth-order valence-corrected chi connectivity index (χ4v) is 5.29. The van der Waals surface area contributed by atoms with Gasteiger partial charge in [0.2, 0.25) is 0 Å². The minimum atomic E-state index is -3.80. The summed E-state index contributed by atoms with van der Waals surface area (Å²) in [5.41, 5.74) is 3.90. The molecule has 3 aromatic rings. The molecular weight excluding hydrogens is 430 g/mol. The van der Waals surface area contributed by atoms with Crippen molar-refractivity contribution in [2.24, 2.45) is 5.41 Å². The summed E-state index contributed by atoms with van der Waals surface area (Å²) in [6.45, 7) is 7.13. The first kappa shape index (κ1) is 22.2. The van der Waals surface area contributed by atoms with E-state index in [0.717, 1.165) is 24.9 Å². The molecule has 32 heavy (non-hydrogen) atoms. The maximum Gasteiger partial charge on any atom is 0.313 e. The molecule has 0 bridgehead atoms. The molecule has 2 aromatic heterocycles. The number of piperidine rings is 1. The van der Waals surface area contributed by atoms with E-state index in [1.54, 1.807) is 37.3 Å². The molecule has 1 fully saturated rings. The topological polar surface area (TPSA) is 106 Å². The van der Waals surface area contributed by atoms with Gasteiger partial charge < -0.3 is 10.2 Å². The Labute approximate surface area is 187 Å². The first-order chi connectivity index (χ1) is 15.2. The highest BCUT2D eigenvalue weighted by Gasteiger charge is 2.39. The van der Waals surface area contributed by atoms with Crippen LogP contribution in [0.3, 0.4) is 0 Å². The zero-order chi connectivity index (χ0) is 22.9. The number of ether oxygens (including phenoxy) is 1. The number of esters is 1. The van der Waals surface area contributed by atoms with Crippen LogP contribution in [0.2, 0.25) is 0 Å². The largest absolute Gasteiger partial charge is 0.466 e. The molecule has 1 aliphatic heterocycles. The molecule has 0 aliphatic carbocycles. The number of nitrogens with zero attached hydrogens (tertiary/aromatic N) is 4. The quantitative estimate of drug-likeness (QED) is 0.563. The first-order valence-corrected chi connectivity index (χ1v) is 12.0. The molecule has 4 rings (SSSR count). The van der Waals surface area contributed by atoms with Crippen LogP contribution in [0, 0.1) is 12.3 Å². The van der Waals surface area contributed by atoms with Crippen LogP contribution in [-0.2, 0) is 19.6 Å². The fraction of sp³-hybridized carbons (Fsp3) is 0.409. The summed E-state index contributed by atoms with van der Waals surface area (Å²) < 4.78 is 32.7. The Morgan fingerprint density at radius 1 is 1.22 bits per heavy atom. The van der Waals surface area contributed by atoms with E-state index < -0.39 is 15.4 Å². The summed E-state index contributed by atoms with van der Waals surface area (Å²) in [5, 5.41) is 2.50. The Morgan fingerprint density at radius 3 is 2.69 bits per heavy atom. The number of aromatic nitrogens is 3. The van der Waals surface area contributed by atoms with Crippen LogP contribution in [0.4, 0.5) is 5.82 Å². The van der Waals surface area contributed by atoms with E-state index in [1.165, 1.54) is 16.5 Å². The van der Waals surface area contributed by atoms with Gasteiger partial charge in [-0.2, -0.15) is 0 Å². The summed E-state index contributed by atoms with van der Waals surface area (Å²) in [4.78, 5) is 21.2. The summed E-state index contributed by atoms with van der Waals surface area (Å²) >= 11 is 0. The minimum absolute atomic E-state index is 0.190. The predicted octanol–water partition coefficient (Wildman–Crippen LogP) is 2.97. The summed E-state index contributed by atoms with van der Waals surface area (Å²) in [6.07, 6.45) is 4.38. The van der Waals surface area contributed by atoms with Crippen molar-refractivity contribution in [2.75, 3.05) is 25.1 Å². The number of fused-ring (bicyclic) bond motifs is 1. The number of hydrogen-bond donors (Lipinski definition) is 1. The van der Waals surface area contributed by atoms with Crippen LogP contribution in [0.25, 0.3) is 11.0 Å². The fourth-order valence-electron chi connectivity index (χ4n) is 3.99. The lowest BCUT2D eigenvalue weighted by Gasteiger charge is -2.38. The molecule has 170 valence electrons. The summed E-state index contributed by atoms with van der Waals surface area (Å²) in [7, 11) is -3.80. The molecule has 0 radical (unpaired) electrons. The van der Waals surface area contributed by atoms with E-state index in [4.69, 9.17) is 4.74 Å². The lowest BCUT2D eigenvalue weighted by molar-refractivity contribution is -0.157. The van der Waals surface area contributed by atoms with Gasteiger partial charge in [0.25, 0.3) is 10.0 Å². The van der Waals surface area contributed by atoms with E-state index in [0.29, 0.717) is 24.4 Å². The van der Waals surface area contributed by atoms with Gasteiger partial charge in [-0.1, -0.05) is 17.7 Å². The smallest absolute Gasteiger partial charge is 0.313 e. The van der Waals surface area contributed by atoms with Crippen molar-refractivity contribution >= 4 is 32.8 Å². The predicted molar refractivity (Wildman–Crippen MR) is 120 cm³/mol. The second kappa shape index (κ2) is 8.51. The maximum atomic E-state index is 13.2. The van der Waals surface area contributed by atoms with Crippen molar-refractivity contribution in [1.82, 2.24) is 18.9 Å². The molecule has 1 unspecified atom stereocenters. The van der Waals surface area contributed by atoms with Gasteiger partial charge in [0.15, 0.2) is 11.5 Å². The number of aryl methyl sites for hydroxylation is 1. The number of carbonyl (C=O) groups excluding carboxylic acids is 1. The van der Waals surface area contributed by atoms with E-state index in [9.17, 15) is 13.2 Å². The minimum Gasteiger partial charge on any atom is -0.466 e. The Kier molecular flexibility index (Phi) is 5.91. The van der Waals surface area contributed by atoms with Crippen molar-refractivity contribution in [3.8, 4) is 0 Å². The van der Waals surface area contributed by atoms with Crippen molar-refractivity contribution in [3.63, 3.8) is 0 Å². The number of hydrogen-bond acceptors (Lipinski definition) is 8. The second-order valence-electron chi connectivity index (χ2n) is 8.31. The first-order valence-electron chi connectivity index (χ1n) is 10.6. The third-order valence-electron chi connectivity index (χ3n) is 5.75. The molecule has 1 aliphatic rings. The van der Waals surface area contributed by atoms with Gasteiger partial charge in [-0.05, 0) is 51.8 Å². The standard InChI is InChI=1S/C22H27N5O4S/c1-4-31-21(28)22(3)11-5-12-26(14-22)25-19-18-10-13-27(20(18)24-15-23-19)32(29,30)17-8-6-16(2)7-9-17/h6-10,13,15H,4-5,11-12,14H2,1-3H3,(H,23,24,25). The lowest BCUT2D eigenvalue weighted by atomic mass is 9.82. The molecule has 9 nitrogen and oxygen atoms in total. The van der Waals surface area contributed by atoms with Crippen LogP contribution >= 0.6 is 0 Å². The van der Waals surface area contributed by atoms with Crippen molar-refractivity contribution in [2.45, 2.75) is 38.5 Å². The van der Waals surface area contributed by atoms with E-state index in [1.807, 2.05) is 18.9 Å². The highest BCUT2D eigenvalue weighted by atomic mass is 32.2. The third kappa shape index (κ3) is 4.07. The Balaban J connectivity index is 1.63. The van der Waals surface area contributed by atoms with Crippen LogP contribution in [0.1, 0.15) is 32.3 Å². The lowest BCUT2D eigenvalue weighted by Crippen LogP contribution is -2.49. The van der Waals surface area contributed by atoms with Crippen molar-refractivity contribution in [1.29, 1.82) is 0 Å². The number of carbonyl (C=O) groups is 1. The Morgan fingerprint density at radius 2 is 1.97 bits per heavy atom. The number of hydrazine groups is 1. The van der Waals surface area contributed by atoms with Crippen LogP contribution in [0.15, 0.2) is 47.8 Å². The number of benzene rings is 1. The van der Waals surface area contributed by atoms with Gasteiger partial charge in [-0.15, -0.1) is 0 Å². The van der Waals surface area contributed by atoms with Gasteiger partial charge in [-0.3, -0.25) is 4.79 Å². The Bertz CT molecular complexity index is 1240. The SMILES string of the molecule is CCOC(=O)C1(C)CCCN(Nc2ncnc3c2ccn3S(=O)(=O)c2ccc(C)cc2)C1. The van der Waals surface area contributed by atoms with E-state index >= 15 is 0 Å². The molecule has 0 saturated carbocycles. The van der Waals surface area contributed by atoms with Crippen LogP contribution in [-0.4, -0.2) is 53.0 Å². The van der Waals surface area contributed by atoms with Crippen molar-refractivity contribution < 1.29 is 17.9 Å². The van der Waals surface area contributed by atoms with Gasteiger partial charge in [0.05, 0.1) is 22.3 Å². The van der Waals surface area contributed by atoms with E-state index in [2.05, 4.69) is 15.4 Å². The number of anilines is 1. The third-order valence-corrected chi connectivity index (χ3v) is 7.44. The average molecular weight is 458 g/mol. The van der Waals surface area contributed by atoms with Gasteiger partial charge >= 0.3 is 5.97 Å². The molecule has 10 heteroatoms. The monoisotopic (exact) mass is 457 g/mol. The van der Waals surface area contributed by atoms with Gasteiger partial charge in [0.1, 0.15) is 6.33 Å². The zero-order valence-corrected chi connectivity index (χ0v) is 19.2. The molecule has 3 heterocycles. The number of rotatable bonds is 6. The van der Waals surface area contributed by atoms with Crippen molar-refractivity contribution in [3.05, 3.63) is 48.4 Å². The Hall–Kier alpha value is -2.98. The molecule has 1 saturated heterocycles. The molecule has 0 spiro atoms. The molecule has 1 aromatic carbocycles. The van der Waals surface area contributed by atoms with E-state index in [-0.39, 0.29) is 16.5 Å². The van der Waals surface area contributed by atoms with Gasteiger partial charge in [-0.25, -0.2) is 27.4 Å². The van der Waals surface area contributed by atoms with Crippen LogP contribution < -0.4 is 5.43 Å². The second-order valence-corrected chi connectivity index (χ2v) is 10.1. The zero-order valence-electron chi connectivity index (χ0n) is 18.4. The molecular formula is C22H27N5O4S. The molecule has 0 amide bonds. The molecule has 1 atom stereocenters. The highest BCUT2D eigenvalue weighted by Crippen LogP contribution is 2.32. The van der Waals surface area contributed by atoms with Crippen LogP contribution in [0.5, 0.6) is 0 Å². The normalized spacial score (nSPS) is 19.7. The number of nitrogens with one attached hydrogen (secondary N) is 1. The molecule has 1 N–H and O–H groups in total. The summed E-state index contributed by atoms with van der Waals surface area (Å²) in [5.74, 6) is 0.274. The van der Waals surface area contributed by atoms with Gasteiger partial charge in [0, 0.05) is 19.3 Å². The highest BCUT2D eigenvalue weighted by molar-refractivity contribution is 7.90.